The molecule has 0 atom stereocenters. The van der Waals surface area contributed by atoms with E-state index in [2.05, 4.69) is 10.4 Å². The number of carbonyl (C=O) groups excluding carboxylic acids is 1. The highest BCUT2D eigenvalue weighted by molar-refractivity contribution is 6.04. The SMILES string of the molecule is COc1cc(C(=O)Nc2ccn(C)n2)ccc1N. The molecular formula is C12H14N4O2. The number of rotatable bonds is 3. The molecule has 0 bridgehead atoms. The molecule has 94 valence electrons. The average molecular weight is 246 g/mol. The van der Waals surface area contributed by atoms with Gasteiger partial charge in [-0.15, -0.1) is 0 Å². The lowest BCUT2D eigenvalue weighted by Gasteiger charge is -2.07. The number of nitrogens with two attached hydrogens (primary N) is 1. The van der Waals surface area contributed by atoms with Crippen LogP contribution in [-0.2, 0) is 7.05 Å². The molecule has 0 aliphatic carbocycles. The van der Waals surface area contributed by atoms with Crippen molar-refractivity contribution in [3.63, 3.8) is 0 Å². The summed E-state index contributed by atoms with van der Waals surface area (Å²) in [5.41, 5.74) is 6.64. The van der Waals surface area contributed by atoms with Crippen LogP contribution in [-0.4, -0.2) is 22.8 Å². The molecule has 0 aliphatic heterocycles. The Balaban J connectivity index is 2.18. The molecule has 0 saturated heterocycles. The van der Waals surface area contributed by atoms with Gasteiger partial charge in [0.05, 0.1) is 12.8 Å². The van der Waals surface area contributed by atoms with Gasteiger partial charge in [-0.3, -0.25) is 9.48 Å². The van der Waals surface area contributed by atoms with Crippen molar-refractivity contribution in [3.8, 4) is 5.75 Å². The second-order valence-corrected chi connectivity index (χ2v) is 3.79. The minimum Gasteiger partial charge on any atom is -0.495 e. The summed E-state index contributed by atoms with van der Waals surface area (Å²) in [6.07, 6.45) is 1.75. The van der Waals surface area contributed by atoms with E-state index < -0.39 is 0 Å². The van der Waals surface area contributed by atoms with Crippen LogP contribution in [0.5, 0.6) is 5.75 Å². The number of hydrogen-bond donors (Lipinski definition) is 2. The molecular weight excluding hydrogens is 232 g/mol. The second-order valence-electron chi connectivity index (χ2n) is 3.79. The number of amides is 1. The van der Waals surface area contributed by atoms with Crippen molar-refractivity contribution in [2.45, 2.75) is 0 Å². The summed E-state index contributed by atoms with van der Waals surface area (Å²) in [5.74, 6) is 0.717. The molecule has 1 heterocycles. The zero-order chi connectivity index (χ0) is 13.1. The lowest BCUT2D eigenvalue weighted by atomic mass is 10.2. The number of nitrogens with zero attached hydrogens (tertiary/aromatic N) is 2. The summed E-state index contributed by atoms with van der Waals surface area (Å²) < 4.78 is 6.68. The van der Waals surface area contributed by atoms with Gasteiger partial charge in [0, 0.05) is 24.9 Å². The van der Waals surface area contributed by atoms with Crippen LogP contribution in [0.2, 0.25) is 0 Å². The van der Waals surface area contributed by atoms with E-state index in [4.69, 9.17) is 10.5 Å². The number of aromatic nitrogens is 2. The first-order valence-corrected chi connectivity index (χ1v) is 5.34. The second kappa shape index (κ2) is 4.79. The van der Waals surface area contributed by atoms with Gasteiger partial charge in [0.1, 0.15) is 5.75 Å². The molecule has 3 N–H and O–H groups in total. The van der Waals surface area contributed by atoms with Crippen LogP contribution >= 0.6 is 0 Å². The van der Waals surface area contributed by atoms with Crippen LogP contribution in [0.4, 0.5) is 11.5 Å². The van der Waals surface area contributed by atoms with E-state index in [1.807, 2.05) is 0 Å². The Morgan fingerprint density at radius 1 is 1.44 bits per heavy atom. The van der Waals surface area contributed by atoms with Gasteiger partial charge in [-0.1, -0.05) is 0 Å². The van der Waals surface area contributed by atoms with Gasteiger partial charge in [0.15, 0.2) is 5.82 Å². The maximum Gasteiger partial charge on any atom is 0.257 e. The standard InChI is InChI=1S/C12H14N4O2/c1-16-6-5-11(15-16)14-12(17)8-3-4-9(13)10(7-8)18-2/h3-7H,13H2,1-2H3,(H,14,15,17). The monoisotopic (exact) mass is 246 g/mol. The molecule has 0 radical (unpaired) electrons. The lowest BCUT2D eigenvalue weighted by molar-refractivity contribution is 0.102. The van der Waals surface area contributed by atoms with E-state index in [-0.39, 0.29) is 5.91 Å². The molecule has 0 saturated carbocycles. The zero-order valence-electron chi connectivity index (χ0n) is 10.2. The Morgan fingerprint density at radius 2 is 2.22 bits per heavy atom. The topological polar surface area (TPSA) is 82.2 Å². The van der Waals surface area contributed by atoms with Gasteiger partial charge in [0.25, 0.3) is 5.91 Å². The molecule has 1 aromatic carbocycles. The van der Waals surface area contributed by atoms with Crippen molar-refractivity contribution < 1.29 is 9.53 Å². The molecule has 0 aliphatic rings. The third-order valence-corrected chi connectivity index (χ3v) is 2.45. The minimum absolute atomic E-state index is 0.257. The van der Waals surface area contributed by atoms with Crippen molar-refractivity contribution in [3.05, 3.63) is 36.0 Å². The number of anilines is 2. The Hall–Kier alpha value is -2.50. The summed E-state index contributed by atoms with van der Waals surface area (Å²) in [4.78, 5) is 11.9. The molecule has 1 amide bonds. The van der Waals surface area contributed by atoms with E-state index in [1.165, 1.54) is 7.11 Å². The van der Waals surface area contributed by atoms with Crippen LogP contribution in [0.3, 0.4) is 0 Å². The number of benzene rings is 1. The predicted octanol–water partition coefficient (Wildman–Crippen LogP) is 1.26. The van der Waals surface area contributed by atoms with Crippen LogP contribution in [0.1, 0.15) is 10.4 Å². The number of carbonyl (C=O) groups is 1. The highest BCUT2D eigenvalue weighted by atomic mass is 16.5. The number of methoxy groups -OCH3 is 1. The molecule has 1 aromatic heterocycles. The van der Waals surface area contributed by atoms with E-state index >= 15 is 0 Å². The molecule has 18 heavy (non-hydrogen) atoms. The van der Waals surface area contributed by atoms with Crippen molar-refractivity contribution in [2.75, 3.05) is 18.2 Å². The number of hydrogen-bond acceptors (Lipinski definition) is 4. The quantitative estimate of drug-likeness (QED) is 0.799. The van der Waals surface area contributed by atoms with Gasteiger partial charge in [0.2, 0.25) is 0 Å². The third-order valence-electron chi connectivity index (χ3n) is 2.45. The summed E-state index contributed by atoms with van der Waals surface area (Å²) in [7, 11) is 3.29. The third kappa shape index (κ3) is 2.42. The maximum atomic E-state index is 11.9. The molecule has 2 rings (SSSR count). The average Bonchev–Trinajstić information content (AvgIpc) is 2.75. The van der Waals surface area contributed by atoms with Gasteiger partial charge in [-0.25, -0.2) is 0 Å². The van der Waals surface area contributed by atoms with Crippen LogP contribution in [0, 0.1) is 0 Å². The van der Waals surface area contributed by atoms with Gasteiger partial charge in [-0.2, -0.15) is 5.10 Å². The first-order chi connectivity index (χ1) is 8.60. The fraction of sp³-hybridized carbons (Fsp3) is 0.167. The fourth-order valence-corrected chi connectivity index (χ4v) is 1.52. The summed E-state index contributed by atoms with van der Waals surface area (Å²) in [6.45, 7) is 0. The summed E-state index contributed by atoms with van der Waals surface area (Å²) in [6, 6.07) is 6.57. The normalized spacial score (nSPS) is 10.1. The summed E-state index contributed by atoms with van der Waals surface area (Å²) >= 11 is 0. The Bertz CT molecular complexity index is 577. The first kappa shape index (κ1) is 12.0. The van der Waals surface area contributed by atoms with Crippen LogP contribution < -0.4 is 15.8 Å². The van der Waals surface area contributed by atoms with Gasteiger partial charge >= 0.3 is 0 Å². The van der Waals surface area contributed by atoms with E-state index in [9.17, 15) is 4.79 Å². The fourth-order valence-electron chi connectivity index (χ4n) is 1.52. The van der Waals surface area contributed by atoms with E-state index in [1.54, 1.807) is 42.2 Å². The largest absolute Gasteiger partial charge is 0.495 e. The van der Waals surface area contributed by atoms with E-state index in [0.29, 0.717) is 22.8 Å². The van der Waals surface area contributed by atoms with Gasteiger partial charge < -0.3 is 15.8 Å². The Kier molecular flexibility index (Phi) is 3.18. The van der Waals surface area contributed by atoms with E-state index in [0.717, 1.165) is 0 Å². The molecule has 6 nitrogen and oxygen atoms in total. The first-order valence-electron chi connectivity index (χ1n) is 5.34. The predicted molar refractivity (Wildman–Crippen MR) is 68.6 cm³/mol. The molecule has 0 spiro atoms. The lowest BCUT2D eigenvalue weighted by Crippen LogP contribution is -2.13. The molecule has 6 heteroatoms. The molecule has 0 unspecified atom stereocenters. The maximum absolute atomic E-state index is 11.9. The van der Waals surface area contributed by atoms with Crippen molar-refractivity contribution in [1.82, 2.24) is 9.78 Å². The number of nitrogen functional groups attached to an aromatic ring is 1. The van der Waals surface area contributed by atoms with Crippen molar-refractivity contribution in [2.24, 2.45) is 7.05 Å². The van der Waals surface area contributed by atoms with Crippen molar-refractivity contribution >= 4 is 17.4 Å². The summed E-state index contributed by atoms with van der Waals surface area (Å²) in [5, 5.41) is 6.75. The van der Waals surface area contributed by atoms with Gasteiger partial charge in [-0.05, 0) is 18.2 Å². The van der Waals surface area contributed by atoms with Crippen LogP contribution in [0.15, 0.2) is 30.5 Å². The Morgan fingerprint density at radius 3 is 2.83 bits per heavy atom. The highest BCUT2D eigenvalue weighted by Gasteiger charge is 2.10. The molecule has 2 aromatic rings. The molecule has 0 fully saturated rings. The zero-order valence-corrected chi connectivity index (χ0v) is 10.2. The van der Waals surface area contributed by atoms with Crippen LogP contribution in [0.25, 0.3) is 0 Å². The minimum atomic E-state index is -0.257. The number of ether oxygens (including phenoxy) is 1. The number of aryl methyl sites for hydroxylation is 1. The Labute approximate surface area is 104 Å². The highest BCUT2D eigenvalue weighted by Crippen LogP contribution is 2.22. The number of nitrogens with one attached hydrogen (secondary N) is 1. The smallest absolute Gasteiger partial charge is 0.257 e. The van der Waals surface area contributed by atoms with Crippen molar-refractivity contribution in [1.29, 1.82) is 0 Å².